The van der Waals surface area contributed by atoms with Gasteiger partial charge in [0.05, 0.1) is 22.9 Å². The number of rotatable bonds is 5. The highest BCUT2D eigenvalue weighted by Gasteiger charge is 2.34. The molecule has 0 radical (unpaired) electrons. The number of benzene rings is 1. The Labute approximate surface area is 114 Å². The Morgan fingerprint density at radius 3 is 2.50 bits per heavy atom. The van der Waals surface area contributed by atoms with E-state index in [2.05, 4.69) is 0 Å². The van der Waals surface area contributed by atoms with Gasteiger partial charge in [0, 0.05) is 5.75 Å². The van der Waals surface area contributed by atoms with Crippen molar-refractivity contribution in [2.75, 3.05) is 18.1 Å². The van der Waals surface area contributed by atoms with Crippen LogP contribution in [-0.4, -0.2) is 26.5 Å². The van der Waals surface area contributed by atoms with Crippen molar-refractivity contribution in [2.45, 2.75) is 13.1 Å². The minimum atomic E-state index is -4.67. The quantitative estimate of drug-likeness (QED) is 0.837. The number of hydrogen-bond donors (Lipinski definition) is 0. The van der Waals surface area contributed by atoms with E-state index in [4.69, 9.17) is 10.00 Å². The van der Waals surface area contributed by atoms with Crippen LogP contribution in [0.4, 0.5) is 13.2 Å². The molecule has 1 aromatic rings. The van der Waals surface area contributed by atoms with Crippen LogP contribution in [0.1, 0.15) is 18.1 Å². The molecular formula is C12H12F3NO3S. The Balaban J connectivity index is 2.93. The van der Waals surface area contributed by atoms with Gasteiger partial charge in [-0.15, -0.1) is 0 Å². The first kappa shape index (κ1) is 16.3. The lowest BCUT2D eigenvalue weighted by Gasteiger charge is -2.14. The summed E-state index contributed by atoms with van der Waals surface area (Å²) < 4.78 is 65.7. The molecule has 0 aliphatic heterocycles. The second-order valence-electron chi connectivity index (χ2n) is 3.91. The normalized spacial score (nSPS) is 11.9. The molecule has 0 atom stereocenters. The molecule has 110 valence electrons. The fourth-order valence-corrected chi connectivity index (χ4v) is 2.00. The average Bonchev–Trinajstić information content (AvgIpc) is 2.37. The Morgan fingerprint density at radius 2 is 2.00 bits per heavy atom. The molecule has 0 heterocycles. The fraction of sp³-hybridized carbons (Fsp3) is 0.417. The lowest BCUT2D eigenvalue weighted by molar-refractivity contribution is -0.138. The van der Waals surface area contributed by atoms with Gasteiger partial charge in [-0.25, -0.2) is 8.42 Å². The van der Waals surface area contributed by atoms with E-state index < -0.39 is 27.3 Å². The molecule has 4 nitrogen and oxygen atoms in total. The lowest BCUT2D eigenvalue weighted by Crippen LogP contribution is -2.17. The van der Waals surface area contributed by atoms with Gasteiger partial charge in [-0.05, 0) is 18.2 Å². The maximum absolute atomic E-state index is 12.8. The van der Waals surface area contributed by atoms with E-state index in [-0.39, 0.29) is 23.7 Å². The molecule has 0 amide bonds. The zero-order valence-corrected chi connectivity index (χ0v) is 11.4. The third-order valence-corrected chi connectivity index (χ3v) is 4.17. The molecule has 0 unspecified atom stereocenters. The van der Waals surface area contributed by atoms with E-state index in [1.165, 1.54) is 13.0 Å². The molecule has 1 aromatic carbocycles. The Kier molecular flexibility index (Phi) is 5.00. The standard InChI is InChI=1S/C12H12F3NO3S/c1-2-20(17,18)6-5-19-11-4-3-9(8-16)7-10(11)12(13,14)15/h3-4,7H,2,5-6H2,1H3. The van der Waals surface area contributed by atoms with Crippen LogP contribution >= 0.6 is 0 Å². The van der Waals surface area contributed by atoms with Crippen LogP contribution in [0.2, 0.25) is 0 Å². The number of alkyl halides is 3. The van der Waals surface area contributed by atoms with E-state index in [1.54, 1.807) is 6.07 Å². The fourth-order valence-electron chi connectivity index (χ4n) is 1.37. The van der Waals surface area contributed by atoms with Gasteiger partial charge in [-0.3, -0.25) is 0 Å². The van der Waals surface area contributed by atoms with Crippen molar-refractivity contribution in [1.82, 2.24) is 0 Å². The molecule has 0 aromatic heterocycles. The van der Waals surface area contributed by atoms with Crippen LogP contribution in [0.5, 0.6) is 5.75 Å². The van der Waals surface area contributed by atoms with E-state index in [1.807, 2.05) is 0 Å². The van der Waals surface area contributed by atoms with Crippen molar-refractivity contribution < 1.29 is 26.3 Å². The smallest absolute Gasteiger partial charge is 0.420 e. The predicted octanol–water partition coefficient (Wildman–Crippen LogP) is 2.39. The minimum absolute atomic E-state index is 0.101. The highest BCUT2D eigenvalue weighted by Crippen LogP contribution is 2.36. The van der Waals surface area contributed by atoms with Crippen LogP contribution in [0.15, 0.2) is 18.2 Å². The summed E-state index contributed by atoms with van der Waals surface area (Å²) in [6.07, 6.45) is -4.67. The van der Waals surface area contributed by atoms with Crippen LogP contribution < -0.4 is 4.74 Å². The van der Waals surface area contributed by atoms with Crippen LogP contribution in [0, 0.1) is 11.3 Å². The van der Waals surface area contributed by atoms with Crippen molar-refractivity contribution in [3.8, 4) is 11.8 Å². The number of halogens is 3. The lowest BCUT2D eigenvalue weighted by atomic mass is 10.1. The van der Waals surface area contributed by atoms with E-state index in [0.717, 1.165) is 6.07 Å². The average molecular weight is 307 g/mol. The molecule has 0 spiro atoms. The van der Waals surface area contributed by atoms with E-state index in [0.29, 0.717) is 6.07 Å². The number of nitriles is 1. The molecule has 0 aliphatic rings. The largest absolute Gasteiger partial charge is 0.492 e. The van der Waals surface area contributed by atoms with Gasteiger partial charge in [-0.2, -0.15) is 18.4 Å². The van der Waals surface area contributed by atoms with Crippen molar-refractivity contribution in [1.29, 1.82) is 5.26 Å². The summed E-state index contributed by atoms with van der Waals surface area (Å²) in [7, 11) is -3.31. The summed E-state index contributed by atoms with van der Waals surface area (Å²) >= 11 is 0. The molecule has 0 saturated heterocycles. The van der Waals surface area contributed by atoms with Crippen molar-refractivity contribution in [2.24, 2.45) is 0 Å². The maximum atomic E-state index is 12.8. The van der Waals surface area contributed by atoms with Gasteiger partial charge in [0.25, 0.3) is 0 Å². The van der Waals surface area contributed by atoms with Gasteiger partial charge in [-0.1, -0.05) is 6.92 Å². The molecule has 0 saturated carbocycles. The summed E-state index contributed by atoms with van der Waals surface area (Å²) in [5.41, 5.74) is -1.24. The second kappa shape index (κ2) is 6.13. The first-order chi connectivity index (χ1) is 9.19. The number of nitrogens with zero attached hydrogens (tertiary/aromatic N) is 1. The third kappa shape index (κ3) is 4.42. The topological polar surface area (TPSA) is 67.2 Å². The molecule has 0 N–H and O–H groups in total. The Hall–Kier alpha value is -1.75. The zero-order valence-electron chi connectivity index (χ0n) is 10.6. The van der Waals surface area contributed by atoms with Gasteiger partial charge >= 0.3 is 6.18 Å². The third-order valence-electron chi connectivity index (χ3n) is 2.51. The van der Waals surface area contributed by atoms with E-state index >= 15 is 0 Å². The molecule has 0 fully saturated rings. The van der Waals surface area contributed by atoms with Crippen LogP contribution in [-0.2, 0) is 16.0 Å². The van der Waals surface area contributed by atoms with Gasteiger partial charge in [0.2, 0.25) is 0 Å². The van der Waals surface area contributed by atoms with Crippen LogP contribution in [0.3, 0.4) is 0 Å². The van der Waals surface area contributed by atoms with Crippen LogP contribution in [0.25, 0.3) is 0 Å². The summed E-state index contributed by atoms with van der Waals surface area (Å²) in [5, 5.41) is 8.60. The molecule has 0 bridgehead atoms. The second-order valence-corrected chi connectivity index (χ2v) is 6.38. The first-order valence-corrected chi connectivity index (χ1v) is 7.46. The van der Waals surface area contributed by atoms with Gasteiger partial charge < -0.3 is 4.74 Å². The zero-order chi connectivity index (χ0) is 15.4. The summed E-state index contributed by atoms with van der Waals surface area (Å²) in [6.45, 7) is 1.07. The van der Waals surface area contributed by atoms with Crippen molar-refractivity contribution >= 4 is 9.84 Å². The van der Waals surface area contributed by atoms with E-state index in [9.17, 15) is 21.6 Å². The predicted molar refractivity (Wildman–Crippen MR) is 66.0 cm³/mol. The summed E-state index contributed by atoms with van der Waals surface area (Å²) in [4.78, 5) is 0. The Bertz CT molecular complexity index is 618. The molecule has 0 aliphatic carbocycles. The maximum Gasteiger partial charge on any atom is 0.420 e. The summed E-state index contributed by atoms with van der Waals surface area (Å²) in [5.74, 6) is -0.945. The highest BCUT2D eigenvalue weighted by atomic mass is 32.2. The number of hydrogen-bond acceptors (Lipinski definition) is 4. The van der Waals surface area contributed by atoms with Gasteiger partial charge in [0.1, 0.15) is 12.4 Å². The van der Waals surface area contributed by atoms with Crippen molar-refractivity contribution in [3.05, 3.63) is 29.3 Å². The van der Waals surface area contributed by atoms with Gasteiger partial charge in [0.15, 0.2) is 9.84 Å². The summed E-state index contributed by atoms with van der Waals surface area (Å²) in [6, 6.07) is 4.47. The molecule has 20 heavy (non-hydrogen) atoms. The molecule has 8 heteroatoms. The SMILES string of the molecule is CCS(=O)(=O)CCOc1ccc(C#N)cc1C(F)(F)F. The number of ether oxygens (including phenoxy) is 1. The molecule has 1 rings (SSSR count). The Morgan fingerprint density at radius 1 is 1.35 bits per heavy atom. The highest BCUT2D eigenvalue weighted by molar-refractivity contribution is 7.91. The monoisotopic (exact) mass is 307 g/mol. The number of sulfone groups is 1. The minimum Gasteiger partial charge on any atom is -0.492 e. The van der Waals surface area contributed by atoms with Crippen molar-refractivity contribution in [3.63, 3.8) is 0 Å². The molecular weight excluding hydrogens is 295 g/mol. The first-order valence-electron chi connectivity index (χ1n) is 5.64.